The van der Waals surface area contributed by atoms with E-state index < -0.39 is 0 Å². The van der Waals surface area contributed by atoms with Gasteiger partial charge in [-0.05, 0) is 56.6 Å². The maximum absolute atomic E-state index is 12.9. The molecule has 1 unspecified atom stereocenters. The van der Waals surface area contributed by atoms with Gasteiger partial charge in [0.15, 0.2) is 0 Å². The maximum atomic E-state index is 12.9. The molecule has 1 N–H and O–H groups in total. The average Bonchev–Trinajstić information content (AvgIpc) is 3.02. The van der Waals surface area contributed by atoms with Crippen LogP contribution >= 0.6 is 0 Å². The van der Waals surface area contributed by atoms with E-state index in [2.05, 4.69) is 10.3 Å². The zero-order valence-electron chi connectivity index (χ0n) is 16.3. The summed E-state index contributed by atoms with van der Waals surface area (Å²) >= 11 is 0. The highest BCUT2D eigenvalue weighted by Gasteiger charge is 2.25. The predicted molar refractivity (Wildman–Crippen MR) is 108 cm³/mol. The third kappa shape index (κ3) is 6.62. The normalized spacial score (nSPS) is 16.9. The summed E-state index contributed by atoms with van der Waals surface area (Å²) in [6, 6.07) is 15.6. The third-order valence-corrected chi connectivity index (χ3v) is 4.83. The van der Waals surface area contributed by atoms with Crippen LogP contribution in [0.5, 0.6) is 5.75 Å². The molecule has 2 aromatic rings. The Morgan fingerprint density at radius 1 is 1.07 bits per heavy atom. The number of nitrogens with zero attached hydrogens (tertiary/aromatic N) is 2. The van der Waals surface area contributed by atoms with E-state index >= 15 is 0 Å². The minimum Gasteiger partial charge on any atom is -0.491 e. The minimum atomic E-state index is 0.0114. The molecule has 6 heteroatoms. The number of ether oxygens (including phenoxy) is 2. The lowest BCUT2D eigenvalue weighted by atomic mass is 10.1. The first-order valence-electron chi connectivity index (χ1n) is 9.98. The van der Waals surface area contributed by atoms with Gasteiger partial charge in [-0.2, -0.15) is 0 Å². The molecule has 1 atom stereocenters. The number of hydrogen-bond acceptors (Lipinski definition) is 5. The summed E-state index contributed by atoms with van der Waals surface area (Å²) < 4.78 is 11.2. The number of carbonyl (C=O) groups excluding carboxylic acids is 1. The lowest BCUT2D eigenvalue weighted by molar-refractivity contribution is -0.139. The van der Waals surface area contributed by atoms with Crippen LogP contribution in [0.25, 0.3) is 0 Å². The summed E-state index contributed by atoms with van der Waals surface area (Å²) in [5.41, 5.74) is 0.903. The standard InChI is InChI=1S/C22H29N3O3/c26-22(18-27-15-16-28-21-9-2-1-3-10-21)25(17-19-7-4-5-13-24-19)20-8-6-12-23-14-11-20/h1-5,7,9-10,13,20,23H,6,8,11-12,14-18H2. The largest absolute Gasteiger partial charge is 0.491 e. The number of hydrogen-bond donors (Lipinski definition) is 1. The Morgan fingerprint density at radius 3 is 2.75 bits per heavy atom. The molecule has 3 rings (SSSR count). The van der Waals surface area contributed by atoms with Crippen molar-refractivity contribution in [1.82, 2.24) is 15.2 Å². The molecule has 1 saturated heterocycles. The van der Waals surface area contributed by atoms with Crippen molar-refractivity contribution in [3.8, 4) is 5.75 Å². The van der Waals surface area contributed by atoms with E-state index in [1.807, 2.05) is 53.4 Å². The Labute approximate surface area is 166 Å². The van der Waals surface area contributed by atoms with Crippen LogP contribution in [0.15, 0.2) is 54.7 Å². The van der Waals surface area contributed by atoms with Crippen LogP contribution in [-0.2, 0) is 16.1 Å². The first-order valence-corrected chi connectivity index (χ1v) is 9.98. The summed E-state index contributed by atoms with van der Waals surface area (Å²) in [4.78, 5) is 19.2. The highest BCUT2D eigenvalue weighted by atomic mass is 16.5. The highest BCUT2D eigenvalue weighted by molar-refractivity contribution is 5.77. The summed E-state index contributed by atoms with van der Waals surface area (Å²) in [6.45, 7) is 3.33. The van der Waals surface area contributed by atoms with Crippen LogP contribution in [0.1, 0.15) is 25.0 Å². The Balaban J connectivity index is 1.50. The maximum Gasteiger partial charge on any atom is 0.249 e. The smallest absolute Gasteiger partial charge is 0.249 e. The molecule has 0 spiro atoms. The van der Waals surface area contributed by atoms with Gasteiger partial charge in [0.05, 0.1) is 18.8 Å². The fourth-order valence-electron chi connectivity index (χ4n) is 3.38. The number of carbonyl (C=O) groups is 1. The van der Waals surface area contributed by atoms with E-state index in [1.165, 1.54) is 0 Å². The van der Waals surface area contributed by atoms with E-state index in [9.17, 15) is 4.79 Å². The van der Waals surface area contributed by atoms with E-state index in [0.717, 1.165) is 43.8 Å². The number of pyridine rings is 1. The molecule has 0 aliphatic carbocycles. The zero-order chi connectivity index (χ0) is 19.4. The van der Waals surface area contributed by atoms with Crippen LogP contribution in [-0.4, -0.2) is 54.7 Å². The second kappa shape index (κ2) is 11.4. The van der Waals surface area contributed by atoms with Gasteiger partial charge >= 0.3 is 0 Å². The molecule has 0 radical (unpaired) electrons. The molecule has 1 aromatic carbocycles. The fraction of sp³-hybridized carbons (Fsp3) is 0.455. The average molecular weight is 383 g/mol. The number of rotatable bonds is 9. The monoisotopic (exact) mass is 383 g/mol. The predicted octanol–water partition coefficient (Wildman–Crippen LogP) is 2.65. The van der Waals surface area contributed by atoms with Gasteiger partial charge in [-0.15, -0.1) is 0 Å². The third-order valence-electron chi connectivity index (χ3n) is 4.83. The van der Waals surface area contributed by atoms with Gasteiger partial charge in [0.1, 0.15) is 19.0 Å². The van der Waals surface area contributed by atoms with Crippen molar-refractivity contribution in [3.05, 3.63) is 60.4 Å². The van der Waals surface area contributed by atoms with E-state index in [0.29, 0.717) is 19.8 Å². The van der Waals surface area contributed by atoms with Crippen molar-refractivity contribution in [1.29, 1.82) is 0 Å². The van der Waals surface area contributed by atoms with Crippen molar-refractivity contribution in [2.45, 2.75) is 31.8 Å². The van der Waals surface area contributed by atoms with Gasteiger partial charge in [0, 0.05) is 12.2 Å². The first kappa shape index (κ1) is 20.3. The second-order valence-corrected chi connectivity index (χ2v) is 6.89. The molecule has 1 aliphatic heterocycles. The number of amides is 1. The molecular weight excluding hydrogens is 354 g/mol. The molecule has 28 heavy (non-hydrogen) atoms. The van der Waals surface area contributed by atoms with Crippen molar-refractivity contribution < 1.29 is 14.3 Å². The molecule has 0 bridgehead atoms. The van der Waals surface area contributed by atoms with E-state index in [1.54, 1.807) is 6.20 Å². The summed E-state index contributed by atoms with van der Waals surface area (Å²) in [5.74, 6) is 0.817. The molecule has 1 fully saturated rings. The summed E-state index contributed by atoms with van der Waals surface area (Å²) in [7, 11) is 0. The van der Waals surface area contributed by atoms with Crippen LogP contribution < -0.4 is 10.1 Å². The number of para-hydroxylation sites is 1. The van der Waals surface area contributed by atoms with Gasteiger partial charge in [-0.25, -0.2) is 0 Å². The Bertz CT molecular complexity index is 689. The van der Waals surface area contributed by atoms with Crippen LogP contribution in [0.2, 0.25) is 0 Å². The molecule has 1 aliphatic rings. The topological polar surface area (TPSA) is 63.7 Å². The number of aromatic nitrogens is 1. The highest BCUT2D eigenvalue weighted by Crippen LogP contribution is 2.17. The van der Waals surface area contributed by atoms with E-state index in [-0.39, 0.29) is 18.6 Å². The number of benzene rings is 1. The van der Waals surface area contributed by atoms with Gasteiger partial charge in [0.2, 0.25) is 5.91 Å². The minimum absolute atomic E-state index is 0.0114. The van der Waals surface area contributed by atoms with Gasteiger partial charge < -0.3 is 19.7 Å². The summed E-state index contributed by atoms with van der Waals surface area (Å²) in [6.07, 6.45) is 4.80. The van der Waals surface area contributed by atoms with Gasteiger partial charge in [0.25, 0.3) is 0 Å². The lowest BCUT2D eigenvalue weighted by Gasteiger charge is -2.31. The Kier molecular flexibility index (Phi) is 8.27. The molecule has 6 nitrogen and oxygen atoms in total. The van der Waals surface area contributed by atoms with Crippen LogP contribution in [0, 0.1) is 0 Å². The SMILES string of the molecule is O=C(COCCOc1ccccc1)N(Cc1ccccn1)C1CCCNCC1. The Hall–Kier alpha value is -2.44. The zero-order valence-corrected chi connectivity index (χ0v) is 16.3. The summed E-state index contributed by atoms with van der Waals surface area (Å²) in [5, 5.41) is 3.41. The lowest BCUT2D eigenvalue weighted by Crippen LogP contribution is -2.42. The number of nitrogens with one attached hydrogen (secondary N) is 1. The molecule has 2 heterocycles. The van der Waals surface area contributed by atoms with Crippen molar-refractivity contribution in [2.75, 3.05) is 32.9 Å². The van der Waals surface area contributed by atoms with Crippen molar-refractivity contribution in [3.63, 3.8) is 0 Å². The van der Waals surface area contributed by atoms with Crippen molar-refractivity contribution in [2.24, 2.45) is 0 Å². The molecule has 150 valence electrons. The second-order valence-electron chi connectivity index (χ2n) is 6.89. The molecular formula is C22H29N3O3. The van der Waals surface area contributed by atoms with Gasteiger partial charge in [-0.1, -0.05) is 24.3 Å². The Morgan fingerprint density at radius 2 is 1.93 bits per heavy atom. The fourth-order valence-corrected chi connectivity index (χ4v) is 3.38. The molecule has 1 aromatic heterocycles. The molecule has 0 saturated carbocycles. The van der Waals surface area contributed by atoms with Crippen LogP contribution in [0.3, 0.4) is 0 Å². The van der Waals surface area contributed by atoms with Crippen molar-refractivity contribution >= 4 is 5.91 Å². The van der Waals surface area contributed by atoms with Crippen LogP contribution in [0.4, 0.5) is 0 Å². The first-order chi connectivity index (χ1) is 13.8. The molecule has 1 amide bonds. The van der Waals surface area contributed by atoms with E-state index in [4.69, 9.17) is 9.47 Å². The quantitative estimate of drug-likeness (QED) is 0.675. The van der Waals surface area contributed by atoms with Gasteiger partial charge in [-0.3, -0.25) is 9.78 Å².